The summed E-state index contributed by atoms with van der Waals surface area (Å²) >= 11 is 0. The third-order valence-electron chi connectivity index (χ3n) is 1.41. The average Bonchev–Trinajstić information content (AvgIpc) is 2.14. The van der Waals surface area contributed by atoms with Crippen LogP contribution in [0.3, 0.4) is 0 Å². The molecule has 0 atom stereocenters. The van der Waals surface area contributed by atoms with Gasteiger partial charge < -0.3 is 0 Å². The van der Waals surface area contributed by atoms with Crippen molar-refractivity contribution >= 4 is 11.7 Å². The first-order valence-corrected chi connectivity index (χ1v) is 3.25. The van der Waals surface area contributed by atoms with Crippen molar-refractivity contribution in [2.45, 2.75) is 13.8 Å². The van der Waals surface area contributed by atoms with Crippen LogP contribution in [0.5, 0.6) is 0 Å². The summed E-state index contributed by atoms with van der Waals surface area (Å²) in [5.41, 5.74) is 0. The number of amidine groups is 1. The van der Waals surface area contributed by atoms with Crippen molar-refractivity contribution in [3.63, 3.8) is 0 Å². The summed E-state index contributed by atoms with van der Waals surface area (Å²) in [7, 11) is 0. The maximum Gasteiger partial charge on any atom is 0.263 e. The topological polar surface area (TPSA) is 58.7 Å². The van der Waals surface area contributed by atoms with Crippen molar-refractivity contribution in [3.05, 3.63) is 0 Å². The lowest BCUT2D eigenvalue weighted by molar-refractivity contribution is -0.125. The fourth-order valence-electron chi connectivity index (χ4n) is 0.889. The molecule has 1 amide bonds. The van der Waals surface area contributed by atoms with Crippen molar-refractivity contribution in [2.24, 2.45) is 16.8 Å². The lowest BCUT2D eigenvalue weighted by Crippen LogP contribution is -2.40. The molecule has 0 fully saturated rings. The highest BCUT2D eigenvalue weighted by atomic mass is 16.2. The van der Waals surface area contributed by atoms with E-state index in [0.29, 0.717) is 5.84 Å². The van der Waals surface area contributed by atoms with Gasteiger partial charge in [-0.3, -0.25) is 9.79 Å². The van der Waals surface area contributed by atoms with E-state index in [1.807, 2.05) is 13.8 Å². The van der Waals surface area contributed by atoms with E-state index in [-0.39, 0.29) is 18.4 Å². The predicted octanol–water partition coefficient (Wildman–Crippen LogP) is -0.243. The van der Waals surface area contributed by atoms with Crippen molar-refractivity contribution in [1.82, 2.24) is 5.01 Å². The molecule has 0 saturated carbocycles. The lowest BCUT2D eigenvalue weighted by Gasteiger charge is -2.13. The molecule has 56 valence electrons. The summed E-state index contributed by atoms with van der Waals surface area (Å²) in [6, 6.07) is 0. The van der Waals surface area contributed by atoms with Crippen LogP contribution in [0.4, 0.5) is 0 Å². The van der Waals surface area contributed by atoms with Gasteiger partial charge in [0.05, 0.1) is 0 Å². The molecular formula is C6H11N3O. The van der Waals surface area contributed by atoms with Crippen LogP contribution in [0.1, 0.15) is 13.8 Å². The summed E-state index contributed by atoms with van der Waals surface area (Å²) in [6.07, 6.45) is 0. The number of carbonyl (C=O) groups excluding carboxylic acids is 1. The highest BCUT2D eigenvalue weighted by Gasteiger charge is 2.23. The number of hydrogen-bond acceptors (Lipinski definition) is 3. The molecule has 0 aromatic carbocycles. The molecule has 1 aliphatic rings. The van der Waals surface area contributed by atoms with Crippen LogP contribution >= 0.6 is 0 Å². The zero-order valence-electron chi connectivity index (χ0n) is 6.16. The molecule has 1 rings (SSSR count). The summed E-state index contributed by atoms with van der Waals surface area (Å²) in [4.78, 5) is 14.7. The molecule has 1 heterocycles. The molecule has 0 bridgehead atoms. The minimum atomic E-state index is -0.122. The van der Waals surface area contributed by atoms with Gasteiger partial charge in [0.2, 0.25) is 0 Å². The van der Waals surface area contributed by atoms with Gasteiger partial charge in [-0.2, -0.15) is 0 Å². The van der Waals surface area contributed by atoms with Crippen LogP contribution in [-0.4, -0.2) is 23.3 Å². The molecular weight excluding hydrogens is 130 g/mol. The molecule has 0 saturated heterocycles. The van der Waals surface area contributed by atoms with Crippen molar-refractivity contribution in [2.75, 3.05) is 6.54 Å². The molecule has 10 heavy (non-hydrogen) atoms. The molecule has 0 aromatic rings. The number of hydrazine groups is 1. The summed E-state index contributed by atoms with van der Waals surface area (Å²) in [5, 5.41) is 1.13. The van der Waals surface area contributed by atoms with Crippen LogP contribution in [-0.2, 0) is 4.79 Å². The quantitative estimate of drug-likeness (QED) is 0.404. The monoisotopic (exact) mass is 141 g/mol. The Hall–Kier alpha value is -0.900. The first kappa shape index (κ1) is 7.21. The van der Waals surface area contributed by atoms with E-state index < -0.39 is 0 Å². The Labute approximate surface area is 59.7 Å². The summed E-state index contributed by atoms with van der Waals surface area (Å²) < 4.78 is 0. The molecule has 0 unspecified atom stereocenters. The number of hydrogen-bond donors (Lipinski definition) is 1. The molecule has 4 nitrogen and oxygen atoms in total. The van der Waals surface area contributed by atoms with E-state index in [4.69, 9.17) is 5.84 Å². The second-order valence-electron chi connectivity index (χ2n) is 2.59. The van der Waals surface area contributed by atoms with E-state index in [0.717, 1.165) is 5.01 Å². The zero-order valence-corrected chi connectivity index (χ0v) is 6.16. The molecule has 0 aliphatic carbocycles. The Morgan fingerprint density at radius 2 is 2.30 bits per heavy atom. The summed E-state index contributed by atoms with van der Waals surface area (Å²) in [5.74, 6) is 6.17. The standard InChI is InChI=1S/C6H11N3O/c1-4(2)6-8-3-5(10)9(6)7/h4H,3,7H2,1-2H3. The van der Waals surface area contributed by atoms with Gasteiger partial charge in [0, 0.05) is 5.92 Å². The SMILES string of the molecule is CC(C)C1=NCC(=O)N1N. The van der Waals surface area contributed by atoms with E-state index in [2.05, 4.69) is 4.99 Å². The Morgan fingerprint density at radius 3 is 2.50 bits per heavy atom. The van der Waals surface area contributed by atoms with E-state index in [1.54, 1.807) is 0 Å². The average molecular weight is 141 g/mol. The van der Waals surface area contributed by atoms with Crippen LogP contribution in [0.2, 0.25) is 0 Å². The van der Waals surface area contributed by atoms with Crippen molar-refractivity contribution in [3.8, 4) is 0 Å². The number of aliphatic imine (C=N–C) groups is 1. The smallest absolute Gasteiger partial charge is 0.263 e. The highest BCUT2D eigenvalue weighted by Crippen LogP contribution is 2.06. The van der Waals surface area contributed by atoms with Gasteiger partial charge in [0.15, 0.2) is 0 Å². The molecule has 1 aliphatic heterocycles. The van der Waals surface area contributed by atoms with Crippen LogP contribution < -0.4 is 5.84 Å². The van der Waals surface area contributed by atoms with Crippen molar-refractivity contribution in [1.29, 1.82) is 0 Å². The number of nitrogens with zero attached hydrogens (tertiary/aromatic N) is 2. The van der Waals surface area contributed by atoms with Crippen molar-refractivity contribution < 1.29 is 4.79 Å². The Kier molecular flexibility index (Phi) is 1.72. The van der Waals surface area contributed by atoms with Crippen LogP contribution in [0.15, 0.2) is 4.99 Å². The van der Waals surface area contributed by atoms with Gasteiger partial charge in [0.25, 0.3) is 5.91 Å². The largest absolute Gasteiger partial charge is 0.271 e. The molecule has 0 aromatic heterocycles. The Bertz CT molecular complexity index is 185. The molecule has 0 spiro atoms. The van der Waals surface area contributed by atoms with Gasteiger partial charge in [-0.1, -0.05) is 13.8 Å². The van der Waals surface area contributed by atoms with Gasteiger partial charge in [-0.25, -0.2) is 10.9 Å². The van der Waals surface area contributed by atoms with Gasteiger partial charge >= 0.3 is 0 Å². The minimum absolute atomic E-state index is 0.122. The van der Waals surface area contributed by atoms with Gasteiger partial charge in [-0.15, -0.1) is 0 Å². The zero-order chi connectivity index (χ0) is 7.72. The maximum absolute atomic E-state index is 10.8. The Balaban J connectivity index is 2.72. The fraction of sp³-hybridized carbons (Fsp3) is 0.667. The molecule has 2 N–H and O–H groups in total. The summed E-state index contributed by atoms with van der Waals surface area (Å²) in [6.45, 7) is 4.12. The number of rotatable bonds is 1. The highest BCUT2D eigenvalue weighted by molar-refractivity contribution is 6.04. The van der Waals surface area contributed by atoms with E-state index in [9.17, 15) is 4.79 Å². The maximum atomic E-state index is 10.8. The second-order valence-corrected chi connectivity index (χ2v) is 2.59. The van der Waals surface area contributed by atoms with Crippen LogP contribution in [0, 0.1) is 5.92 Å². The number of carbonyl (C=O) groups is 1. The lowest BCUT2D eigenvalue weighted by atomic mass is 10.2. The first-order valence-electron chi connectivity index (χ1n) is 3.25. The van der Waals surface area contributed by atoms with Crippen LogP contribution in [0.25, 0.3) is 0 Å². The third kappa shape index (κ3) is 1.02. The van der Waals surface area contributed by atoms with Gasteiger partial charge in [-0.05, 0) is 0 Å². The normalized spacial score (nSPS) is 18.6. The number of nitrogens with two attached hydrogens (primary N) is 1. The number of amides is 1. The van der Waals surface area contributed by atoms with E-state index >= 15 is 0 Å². The second kappa shape index (κ2) is 2.38. The van der Waals surface area contributed by atoms with E-state index in [1.165, 1.54) is 0 Å². The fourth-order valence-corrected chi connectivity index (χ4v) is 0.889. The van der Waals surface area contributed by atoms with Gasteiger partial charge in [0.1, 0.15) is 12.4 Å². The minimum Gasteiger partial charge on any atom is -0.271 e. The molecule has 4 heteroatoms. The predicted molar refractivity (Wildman–Crippen MR) is 38.2 cm³/mol. The third-order valence-corrected chi connectivity index (χ3v) is 1.41. The first-order chi connectivity index (χ1) is 4.63. The molecule has 0 radical (unpaired) electrons. The Morgan fingerprint density at radius 1 is 1.70 bits per heavy atom.